The number of thioether (sulfide) groups is 1. The van der Waals surface area contributed by atoms with Crippen molar-refractivity contribution in [2.75, 3.05) is 5.75 Å². The first-order valence-electron chi connectivity index (χ1n) is 6.69. The van der Waals surface area contributed by atoms with Gasteiger partial charge in [0.05, 0.1) is 5.02 Å². The molecule has 3 rings (SSSR count). The van der Waals surface area contributed by atoms with Crippen molar-refractivity contribution in [2.24, 2.45) is 0 Å². The molecule has 108 valence electrons. The standard InChI is InChI=1S/C17H15ClO2S/c1-11-5-2-3-8-16(11)21-10-14(19)15-9-12-6-4-7-13(18)17(12)20-15/h2-9,14,19H,10H2,1H3. The van der Waals surface area contributed by atoms with Gasteiger partial charge in [0.1, 0.15) is 11.9 Å². The topological polar surface area (TPSA) is 33.4 Å². The molecular weight excluding hydrogens is 304 g/mol. The molecular formula is C17H15ClO2S. The molecule has 1 atom stereocenters. The lowest BCUT2D eigenvalue weighted by atomic mass is 10.2. The number of rotatable bonds is 4. The van der Waals surface area contributed by atoms with E-state index >= 15 is 0 Å². The van der Waals surface area contributed by atoms with Crippen molar-refractivity contribution >= 4 is 34.3 Å². The zero-order valence-corrected chi connectivity index (χ0v) is 13.1. The summed E-state index contributed by atoms with van der Waals surface area (Å²) < 4.78 is 5.68. The Morgan fingerprint density at radius 3 is 2.76 bits per heavy atom. The van der Waals surface area contributed by atoms with Crippen LogP contribution in [0.1, 0.15) is 17.4 Å². The number of hydrogen-bond acceptors (Lipinski definition) is 3. The molecule has 0 bridgehead atoms. The molecule has 1 unspecified atom stereocenters. The van der Waals surface area contributed by atoms with Crippen LogP contribution in [0.4, 0.5) is 0 Å². The Balaban J connectivity index is 1.76. The predicted molar refractivity (Wildman–Crippen MR) is 88.1 cm³/mol. The summed E-state index contributed by atoms with van der Waals surface area (Å²) in [6.45, 7) is 2.07. The summed E-state index contributed by atoms with van der Waals surface area (Å²) in [5.41, 5.74) is 1.84. The maximum Gasteiger partial charge on any atom is 0.152 e. The number of hydrogen-bond donors (Lipinski definition) is 1. The molecule has 0 aliphatic heterocycles. The van der Waals surface area contributed by atoms with Gasteiger partial charge in [-0.3, -0.25) is 0 Å². The summed E-state index contributed by atoms with van der Waals surface area (Å²) in [5, 5.41) is 11.8. The maximum atomic E-state index is 10.3. The first-order valence-corrected chi connectivity index (χ1v) is 8.06. The minimum absolute atomic E-state index is 0.544. The lowest BCUT2D eigenvalue weighted by molar-refractivity contribution is 0.177. The summed E-state index contributed by atoms with van der Waals surface area (Å²) in [6, 6.07) is 15.6. The normalized spacial score (nSPS) is 12.7. The van der Waals surface area contributed by atoms with Gasteiger partial charge in [-0.1, -0.05) is 41.9 Å². The van der Waals surface area contributed by atoms with Gasteiger partial charge < -0.3 is 9.52 Å². The van der Waals surface area contributed by atoms with E-state index in [0.717, 1.165) is 5.39 Å². The second-order valence-corrected chi connectivity index (χ2v) is 6.37. The van der Waals surface area contributed by atoms with E-state index in [1.165, 1.54) is 10.5 Å². The molecule has 0 spiro atoms. The largest absolute Gasteiger partial charge is 0.457 e. The second kappa shape index (κ2) is 6.14. The van der Waals surface area contributed by atoms with Crippen molar-refractivity contribution in [1.29, 1.82) is 0 Å². The van der Waals surface area contributed by atoms with Gasteiger partial charge in [-0.05, 0) is 30.7 Å². The van der Waals surface area contributed by atoms with Crippen molar-refractivity contribution in [3.63, 3.8) is 0 Å². The van der Waals surface area contributed by atoms with Crippen LogP contribution in [-0.2, 0) is 0 Å². The number of aliphatic hydroxyl groups excluding tert-OH is 1. The fraction of sp³-hybridized carbons (Fsp3) is 0.176. The van der Waals surface area contributed by atoms with Crippen LogP contribution >= 0.6 is 23.4 Å². The van der Waals surface area contributed by atoms with Gasteiger partial charge in [-0.2, -0.15) is 0 Å². The third kappa shape index (κ3) is 3.10. The van der Waals surface area contributed by atoms with Crippen LogP contribution in [0, 0.1) is 6.92 Å². The Morgan fingerprint density at radius 1 is 1.19 bits per heavy atom. The van der Waals surface area contributed by atoms with Gasteiger partial charge in [0.15, 0.2) is 5.58 Å². The van der Waals surface area contributed by atoms with E-state index in [4.69, 9.17) is 16.0 Å². The van der Waals surface area contributed by atoms with Gasteiger partial charge in [0.2, 0.25) is 0 Å². The van der Waals surface area contributed by atoms with Crippen LogP contribution in [0.5, 0.6) is 0 Å². The van der Waals surface area contributed by atoms with E-state index in [1.54, 1.807) is 17.8 Å². The highest BCUT2D eigenvalue weighted by molar-refractivity contribution is 7.99. The molecule has 0 aliphatic carbocycles. The van der Waals surface area contributed by atoms with Crippen molar-refractivity contribution in [2.45, 2.75) is 17.9 Å². The minimum atomic E-state index is -0.655. The molecule has 1 N–H and O–H groups in total. The predicted octanol–water partition coefficient (Wildman–Crippen LogP) is 5.22. The second-order valence-electron chi connectivity index (χ2n) is 4.90. The Morgan fingerprint density at radius 2 is 2.00 bits per heavy atom. The quantitative estimate of drug-likeness (QED) is 0.669. The van der Waals surface area contributed by atoms with Crippen LogP contribution < -0.4 is 0 Å². The summed E-state index contributed by atoms with van der Waals surface area (Å²) >= 11 is 7.71. The average Bonchev–Trinajstić information content (AvgIpc) is 2.92. The van der Waals surface area contributed by atoms with E-state index in [9.17, 15) is 5.11 Å². The van der Waals surface area contributed by atoms with Crippen LogP contribution in [-0.4, -0.2) is 10.9 Å². The lowest BCUT2D eigenvalue weighted by Gasteiger charge is -2.09. The fourth-order valence-corrected chi connectivity index (χ4v) is 3.37. The molecule has 0 saturated carbocycles. The number of fused-ring (bicyclic) bond motifs is 1. The number of halogens is 1. The Labute approximate surface area is 132 Å². The molecule has 2 nitrogen and oxygen atoms in total. The van der Waals surface area contributed by atoms with E-state index < -0.39 is 6.10 Å². The van der Waals surface area contributed by atoms with Gasteiger partial charge in [0.25, 0.3) is 0 Å². The maximum absolute atomic E-state index is 10.3. The molecule has 4 heteroatoms. The van der Waals surface area contributed by atoms with Gasteiger partial charge >= 0.3 is 0 Å². The summed E-state index contributed by atoms with van der Waals surface area (Å²) in [4.78, 5) is 1.17. The SMILES string of the molecule is Cc1ccccc1SCC(O)c1cc2cccc(Cl)c2o1. The van der Waals surface area contributed by atoms with Crippen LogP contribution in [0.2, 0.25) is 5.02 Å². The highest BCUT2D eigenvalue weighted by Crippen LogP contribution is 2.32. The van der Waals surface area contributed by atoms with Crippen LogP contribution in [0.15, 0.2) is 57.8 Å². The van der Waals surface area contributed by atoms with E-state index in [2.05, 4.69) is 19.1 Å². The van der Waals surface area contributed by atoms with Gasteiger partial charge in [-0.25, -0.2) is 0 Å². The van der Waals surface area contributed by atoms with Gasteiger partial charge in [0, 0.05) is 16.0 Å². The zero-order valence-electron chi connectivity index (χ0n) is 11.5. The number of furan rings is 1. The molecule has 0 amide bonds. The number of benzene rings is 2. The molecule has 0 fully saturated rings. The highest BCUT2D eigenvalue weighted by Gasteiger charge is 2.15. The summed E-state index contributed by atoms with van der Waals surface area (Å²) in [5.74, 6) is 1.10. The van der Waals surface area contributed by atoms with E-state index in [0.29, 0.717) is 22.1 Å². The Hall–Kier alpha value is -1.42. The molecule has 0 aliphatic rings. The molecule has 21 heavy (non-hydrogen) atoms. The molecule has 1 aromatic heterocycles. The first kappa shape index (κ1) is 14.5. The third-order valence-corrected chi connectivity index (χ3v) is 4.88. The Bertz CT molecular complexity index is 766. The minimum Gasteiger partial charge on any atom is -0.457 e. The molecule has 1 heterocycles. The Kier molecular flexibility index (Phi) is 4.24. The average molecular weight is 319 g/mol. The number of aliphatic hydroxyl groups is 1. The smallest absolute Gasteiger partial charge is 0.152 e. The van der Waals surface area contributed by atoms with Crippen molar-refractivity contribution < 1.29 is 9.52 Å². The van der Waals surface area contributed by atoms with Crippen molar-refractivity contribution in [3.05, 3.63) is 64.9 Å². The van der Waals surface area contributed by atoms with Gasteiger partial charge in [-0.15, -0.1) is 11.8 Å². The first-order chi connectivity index (χ1) is 10.1. The van der Waals surface area contributed by atoms with Crippen LogP contribution in [0.25, 0.3) is 11.0 Å². The summed E-state index contributed by atoms with van der Waals surface area (Å²) in [7, 11) is 0. The van der Waals surface area contributed by atoms with Crippen LogP contribution in [0.3, 0.4) is 0 Å². The van der Waals surface area contributed by atoms with Crippen molar-refractivity contribution in [1.82, 2.24) is 0 Å². The molecule has 0 saturated heterocycles. The van der Waals surface area contributed by atoms with E-state index in [-0.39, 0.29) is 0 Å². The highest BCUT2D eigenvalue weighted by atomic mass is 35.5. The monoisotopic (exact) mass is 318 g/mol. The number of aryl methyl sites for hydroxylation is 1. The number of para-hydroxylation sites is 1. The third-order valence-electron chi connectivity index (χ3n) is 3.33. The zero-order chi connectivity index (χ0) is 14.8. The lowest BCUT2D eigenvalue weighted by Crippen LogP contribution is -1.98. The summed E-state index contributed by atoms with van der Waals surface area (Å²) in [6.07, 6.45) is -0.655. The van der Waals surface area contributed by atoms with E-state index in [1.807, 2.05) is 30.3 Å². The fourth-order valence-electron chi connectivity index (χ4n) is 2.18. The molecule has 2 aromatic carbocycles. The van der Waals surface area contributed by atoms with Crippen molar-refractivity contribution in [3.8, 4) is 0 Å². The molecule has 0 radical (unpaired) electrons. The molecule has 3 aromatic rings.